The first-order valence-corrected chi connectivity index (χ1v) is 12.7. The number of ether oxygens (including phenoxy) is 2. The molecule has 180 valence electrons. The summed E-state index contributed by atoms with van der Waals surface area (Å²) in [5.41, 5.74) is -0.201. The second-order valence-electron chi connectivity index (χ2n) is 8.41. The summed E-state index contributed by atoms with van der Waals surface area (Å²) < 4.78 is 25.7. The number of halogens is 1. The van der Waals surface area contributed by atoms with Gasteiger partial charge in [-0.15, -0.1) is 0 Å². The molecule has 0 radical (unpaired) electrons. The van der Waals surface area contributed by atoms with E-state index in [1.165, 1.54) is 6.07 Å². The maximum absolute atomic E-state index is 14.6. The summed E-state index contributed by atoms with van der Waals surface area (Å²) >= 11 is 0. The fourth-order valence-electron chi connectivity index (χ4n) is 3.46. The van der Waals surface area contributed by atoms with Gasteiger partial charge < -0.3 is 9.47 Å². The molecular formula is C31H26FO3S+. The van der Waals surface area contributed by atoms with Crippen LogP contribution in [0.3, 0.4) is 0 Å². The van der Waals surface area contributed by atoms with Crippen LogP contribution < -0.4 is 4.74 Å². The van der Waals surface area contributed by atoms with E-state index < -0.39 is 34.9 Å². The van der Waals surface area contributed by atoms with Gasteiger partial charge in [0.15, 0.2) is 38.5 Å². The summed E-state index contributed by atoms with van der Waals surface area (Å²) in [7, 11) is -0.465. The third kappa shape index (κ3) is 6.78. The Bertz CT molecular complexity index is 1320. The average Bonchev–Trinajstić information content (AvgIpc) is 2.89. The van der Waals surface area contributed by atoms with E-state index >= 15 is 0 Å². The fourth-order valence-corrected chi connectivity index (χ4v) is 5.57. The Kier molecular flexibility index (Phi) is 8.10. The molecule has 0 amide bonds. The van der Waals surface area contributed by atoms with Crippen molar-refractivity contribution in [3.05, 3.63) is 121 Å². The van der Waals surface area contributed by atoms with E-state index in [9.17, 15) is 9.18 Å². The minimum absolute atomic E-state index is 0.00184. The van der Waals surface area contributed by atoms with Crippen LogP contribution in [-0.2, 0) is 20.4 Å². The highest BCUT2D eigenvalue weighted by Crippen LogP contribution is 2.33. The summed E-state index contributed by atoms with van der Waals surface area (Å²) in [6.45, 7) is 2.97. The summed E-state index contributed by atoms with van der Waals surface area (Å²) in [6, 6.07) is 34.3. The van der Waals surface area contributed by atoms with E-state index in [1.807, 2.05) is 66.7 Å². The number of esters is 1. The second kappa shape index (κ2) is 11.6. The molecule has 0 saturated heterocycles. The van der Waals surface area contributed by atoms with Gasteiger partial charge in [0.25, 0.3) is 0 Å². The van der Waals surface area contributed by atoms with E-state index in [4.69, 9.17) is 9.47 Å². The van der Waals surface area contributed by atoms with Crippen molar-refractivity contribution in [3.63, 3.8) is 0 Å². The minimum Gasteiger partial charge on any atom is -0.479 e. The third-order valence-electron chi connectivity index (χ3n) is 5.09. The Morgan fingerprint density at radius 3 is 1.94 bits per heavy atom. The minimum atomic E-state index is -1.02. The lowest BCUT2D eigenvalue weighted by Gasteiger charge is -2.19. The summed E-state index contributed by atoms with van der Waals surface area (Å²) in [5, 5.41) is 0. The number of hydrogen-bond acceptors (Lipinski definition) is 3. The molecule has 0 aliphatic carbocycles. The van der Waals surface area contributed by atoms with E-state index in [0.29, 0.717) is 0 Å². The molecule has 0 heterocycles. The summed E-state index contributed by atoms with van der Waals surface area (Å²) in [4.78, 5) is 15.6. The van der Waals surface area contributed by atoms with Gasteiger partial charge in [-0.25, -0.2) is 9.18 Å². The van der Waals surface area contributed by atoms with Crippen LogP contribution in [0.4, 0.5) is 4.39 Å². The van der Waals surface area contributed by atoms with Crippen molar-refractivity contribution in [2.24, 2.45) is 0 Å². The zero-order chi connectivity index (χ0) is 25.4. The van der Waals surface area contributed by atoms with Gasteiger partial charge in [-0.1, -0.05) is 66.4 Å². The second-order valence-corrected chi connectivity index (χ2v) is 10.4. The van der Waals surface area contributed by atoms with Gasteiger partial charge in [0.05, 0.1) is 10.9 Å². The molecule has 0 aromatic heterocycles. The predicted octanol–water partition coefficient (Wildman–Crippen LogP) is 6.67. The van der Waals surface area contributed by atoms with Crippen LogP contribution in [0.1, 0.15) is 19.4 Å². The van der Waals surface area contributed by atoms with Gasteiger partial charge in [-0.2, -0.15) is 0 Å². The van der Waals surface area contributed by atoms with Gasteiger partial charge in [-0.3, -0.25) is 0 Å². The van der Waals surface area contributed by atoms with Gasteiger partial charge in [0.1, 0.15) is 0 Å². The topological polar surface area (TPSA) is 35.5 Å². The van der Waals surface area contributed by atoms with E-state index in [1.54, 1.807) is 26.0 Å². The van der Waals surface area contributed by atoms with Crippen molar-refractivity contribution in [2.75, 3.05) is 6.61 Å². The van der Waals surface area contributed by atoms with Crippen LogP contribution in [0, 0.1) is 17.7 Å². The molecule has 0 aliphatic rings. The van der Waals surface area contributed by atoms with Crippen molar-refractivity contribution in [2.45, 2.75) is 34.1 Å². The summed E-state index contributed by atoms with van der Waals surface area (Å²) in [6.07, 6.45) is 0. The van der Waals surface area contributed by atoms with Crippen LogP contribution in [0.5, 0.6) is 5.75 Å². The van der Waals surface area contributed by atoms with Crippen LogP contribution in [0.2, 0.25) is 0 Å². The Morgan fingerprint density at radius 2 is 1.36 bits per heavy atom. The lowest BCUT2D eigenvalue weighted by molar-refractivity contribution is -0.154. The molecule has 5 heteroatoms. The van der Waals surface area contributed by atoms with Crippen LogP contribution >= 0.6 is 0 Å². The first-order chi connectivity index (χ1) is 17.4. The number of benzene rings is 4. The molecule has 4 rings (SSSR count). The monoisotopic (exact) mass is 497 g/mol. The van der Waals surface area contributed by atoms with Gasteiger partial charge >= 0.3 is 5.97 Å². The van der Waals surface area contributed by atoms with E-state index in [-0.39, 0.29) is 5.75 Å². The highest BCUT2D eigenvalue weighted by molar-refractivity contribution is 7.97. The predicted molar refractivity (Wildman–Crippen MR) is 140 cm³/mol. The summed E-state index contributed by atoms with van der Waals surface area (Å²) in [5.74, 6) is 4.78. The Labute approximate surface area is 214 Å². The number of hydrogen-bond donors (Lipinski definition) is 0. The molecule has 4 aromatic rings. The van der Waals surface area contributed by atoms with Gasteiger partial charge in [0.2, 0.25) is 0 Å². The molecule has 0 saturated carbocycles. The SMILES string of the molecule is CC(C)(C#Cc1ccccc1)OC(=O)COc1cc([S+](c2ccccc2)c2ccccc2)ccc1F. The van der Waals surface area contributed by atoms with Crippen molar-refractivity contribution in [3.8, 4) is 17.6 Å². The number of carbonyl (C=O) groups is 1. The first kappa shape index (κ1) is 25.1. The zero-order valence-electron chi connectivity index (χ0n) is 20.1. The lowest BCUT2D eigenvalue weighted by atomic mass is 10.1. The van der Waals surface area contributed by atoms with E-state index in [0.717, 1.165) is 20.2 Å². The largest absolute Gasteiger partial charge is 0.479 e. The molecule has 36 heavy (non-hydrogen) atoms. The molecule has 4 aromatic carbocycles. The molecule has 0 bridgehead atoms. The number of carbonyl (C=O) groups excluding carboxylic acids is 1. The van der Waals surface area contributed by atoms with Gasteiger partial charge in [-0.05, 0) is 62.4 Å². The molecule has 0 N–H and O–H groups in total. The molecule has 0 spiro atoms. The maximum Gasteiger partial charge on any atom is 0.345 e. The van der Waals surface area contributed by atoms with Crippen molar-refractivity contribution in [1.29, 1.82) is 0 Å². The standard InChI is InChI=1S/C31H26FO3S/c1-31(2,21-20-24-12-6-3-7-13-24)35-30(33)23-34-29-22-27(18-19-28(29)32)36(25-14-8-4-9-15-25)26-16-10-5-11-17-26/h3-19,22H,23H2,1-2H3/q+1. The fraction of sp³-hybridized carbons (Fsp3) is 0.129. The first-order valence-electron chi connectivity index (χ1n) is 11.5. The average molecular weight is 498 g/mol. The normalized spacial score (nSPS) is 10.9. The molecule has 3 nitrogen and oxygen atoms in total. The van der Waals surface area contributed by atoms with Crippen molar-refractivity contribution in [1.82, 2.24) is 0 Å². The molecule has 0 aliphatic heterocycles. The van der Waals surface area contributed by atoms with Crippen molar-refractivity contribution >= 4 is 16.9 Å². The molecule has 0 fully saturated rings. The Morgan fingerprint density at radius 1 is 0.806 bits per heavy atom. The van der Waals surface area contributed by atoms with Gasteiger partial charge in [0, 0.05) is 11.6 Å². The Balaban J connectivity index is 1.49. The maximum atomic E-state index is 14.6. The Hall–Kier alpha value is -4.01. The van der Waals surface area contributed by atoms with Crippen LogP contribution in [0.25, 0.3) is 0 Å². The molecule has 0 atom stereocenters. The number of rotatable bonds is 7. The molecule has 0 unspecified atom stereocenters. The lowest BCUT2D eigenvalue weighted by Crippen LogP contribution is -2.29. The van der Waals surface area contributed by atoms with E-state index in [2.05, 4.69) is 36.1 Å². The highest BCUT2D eigenvalue weighted by Gasteiger charge is 2.30. The highest BCUT2D eigenvalue weighted by atomic mass is 32.2. The van der Waals surface area contributed by atoms with Crippen molar-refractivity contribution < 1.29 is 18.7 Å². The quantitative estimate of drug-likeness (QED) is 0.162. The smallest absolute Gasteiger partial charge is 0.345 e. The van der Waals surface area contributed by atoms with Crippen LogP contribution in [0.15, 0.2) is 124 Å². The molecular weight excluding hydrogens is 471 g/mol. The van der Waals surface area contributed by atoms with Crippen LogP contribution in [-0.4, -0.2) is 18.2 Å². The zero-order valence-corrected chi connectivity index (χ0v) is 20.9. The third-order valence-corrected chi connectivity index (χ3v) is 7.30.